The van der Waals surface area contributed by atoms with E-state index in [1.165, 1.54) is 12.4 Å². The zero-order chi connectivity index (χ0) is 29.1. The summed E-state index contributed by atoms with van der Waals surface area (Å²) < 4.78 is 21.1. The summed E-state index contributed by atoms with van der Waals surface area (Å²) in [6.07, 6.45) is 8.10. The van der Waals surface area contributed by atoms with Crippen LogP contribution in [0, 0.1) is 11.7 Å². The number of para-hydroxylation sites is 1. The Morgan fingerprint density at radius 2 is 1.81 bits per heavy atom. The highest BCUT2D eigenvalue weighted by molar-refractivity contribution is 6.35. The summed E-state index contributed by atoms with van der Waals surface area (Å²) in [6.45, 7) is 0. The van der Waals surface area contributed by atoms with Crippen LogP contribution in [0.3, 0.4) is 0 Å². The summed E-state index contributed by atoms with van der Waals surface area (Å²) in [5, 5.41) is 3.89. The van der Waals surface area contributed by atoms with Crippen LogP contribution in [0.2, 0.25) is 5.02 Å². The van der Waals surface area contributed by atoms with Gasteiger partial charge in [-0.25, -0.2) is 14.4 Å². The van der Waals surface area contributed by atoms with Gasteiger partial charge >= 0.3 is 0 Å². The minimum absolute atomic E-state index is 0.135. The largest absolute Gasteiger partial charge is 0.457 e. The lowest BCUT2D eigenvalue weighted by Crippen LogP contribution is -2.14. The second-order valence-electron chi connectivity index (χ2n) is 10.5. The highest BCUT2D eigenvalue weighted by Crippen LogP contribution is 2.39. The van der Waals surface area contributed by atoms with E-state index < -0.39 is 0 Å². The van der Waals surface area contributed by atoms with Crippen molar-refractivity contribution in [2.24, 2.45) is 5.92 Å². The molecule has 1 aliphatic rings. The molecule has 0 bridgehead atoms. The standard InChI is InChI=1S/C33H28ClFN4O3/c34-28-17-24(42-23-4-2-1-3-5-23)11-13-26(28)31(41)27-18-36-32-30(27)33(38-19-37-32)39-22-10-12-25(29(35)16-22)21-8-6-20(7-9-21)14-15-40/h1-5,10-13,15-21H,6-9,14H2,(H2,36,37,38,39). The molecule has 6 rings (SSSR count). The van der Waals surface area contributed by atoms with Crippen molar-refractivity contribution in [3.63, 3.8) is 0 Å². The molecule has 212 valence electrons. The number of ketones is 1. The zero-order valence-corrected chi connectivity index (χ0v) is 23.4. The van der Waals surface area contributed by atoms with Crippen LogP contribution in [0.5, 0.6) is 11.5 Å². The maximum atomic E-state index is 15.3. The van der Waals surface area contributed by atoms with E-state index in [9.17, 15) is 9.59 Å². The number of rotatable bonds is 9. The number of anilines is 2. The predicted molar refractivity (Wildman–Crippen MR) is 160 cm³/mol. The van der Waals surface area contributed by atoms with Gasteiger partial charge in [0.25, 0.3) is 0 Å². The average molecular weight is 583 g/mol. The number of H-pyrrole nitrogens is 1. The molecule has 1 saturated carbocycles. The van der Waals surface area contributed by atoms with Crippen LogP contribution < -0.4 is 10.1 Å². The SMILES string of the molecule is O=CCC1CCC(c2ccc(Nc3ncnc4[nH]cc(C(=O)c5ccc(Oc6ccccc6)cc5Cl)c34)cc2F)CC1. The topological polar surface area (TPSA) is 97.0 Å². The molecule has 0 amide bonds. The van der Waals surface area contributed by atoms with Crippen molar-refractivity contribution in [1.29, 1.82) is 0 Å². The summed E-state index contributed by atoms with van der Waals surface area (Å²) >= 11 is 6.53. The summed E-state index contributed by atoms with van der Waals surface area (Å²) in [7, 11) is 0. The zero-order valence-electron chi connectivity index (χ0n) is 22.6. The fraction of sp³-hybridized carbons (Fsp3) is 0.212. The Bertz CT molecular complexity index is 1750. The number of hydrogen-bond donors (Lipinski definition) is 2. The van der Waals surface area contributed by atoms with E-state index in [-0.39, 0.29) is 22.5 Å². The first kappa shape index (κ1) is 27.6. The van der Waals surface area contributed by atoms with Gasteiger partial charge in [0.15, 0.2) is 5.78 Å². The number of benzene rings is 3. The lowest BCUT2D eigenvalue weighted by atomic mass is 9.77. The van der Waals surface area contributed by atoms with Crippen LogP contribution in [0.15, 0.2) is 79.3 Å². The number of ether oxygens (including phenoxy) is 1. The molecule has 0 atom stereocenters. The first-order valence-corrected chi connectivity index (χ1v) is 14.3. The van der Waals surface area contributed by atoms with Crippen molar-refractivity contribution in [2.45, 2.75) is 38.0 Å². The van der Waals surface area contributed by atoms with Crippen LogP contribution in [0.25, 0.3) is 11.0 Å². The Balaban J connectivity index is 1.23. The summed E-state index contributed by atoms with van der Waals surface area (Å²) in [5.74, 6) is 1.45. The molecule has 2 aromatic heterocycles. The Labute approximate surface area is 247 Å². The quantitative estimate of drug-likeness (QED) is 0.134. The van der Waals surface area contributed by atoms with E-state index in [1.54, 1.807) is 24.4 Å². The highest BCUT2D eigenvalue weighted by Gasteiger charge is 2.25. The number of hydrogen-bond acceptors (Lipinski definition) is 6. The number of aromatic nitrogens is 3. The molecule has 7 nitrogen and oxygen atoms in total. The van der Waals surface area contributed by atoms with Gasteiger partial charge in [0.05, 0.1) is 16.0 Å². The molecule has 0 aliphatic heterocycles. The van der Waals surface area contributed by atoms with E-state index in [2.05, 4.69) is 20.3 Å². The molecule has 0 unspecified atom stereocenters. The Hall–Kier alpha value is -4.56. The number of aldehydes is 1. The summed E-state index contributed by atoms with van der Waals surface area (Å²) in [5.41, 5.74) is 2.28. The average Bonchev–Trinajstić information content (AvgIpc) is 3.44. The number of halogens is 2. The second kappa shape index (κ2) is 12.1. The number of carbonyl (C=O) groups excluding carboxylic acids is 2. The fourth-order valence-electron chi connectivity index (χ4n) is 5.67. The van der Waals surface area contributed by atoms with Gasteiger partial charge in [-0.15, -0.1) is 0 Å². The van der Waals surface area contributed by atoms with E-state index in [0.717, 1.165) is 32.0 Å². The molecule has 1 aliphatic carbocycles. The molecule has 0 saturated heterocycles. The first-order chi connectivity index (χ1) is 20.5. The van der Waals surface area contributed by atoms with Crippen LogP contribution in [-0.4, -0.2) is 27.0 Å². The number of carbonyl (C=O) groups is 2. The minimum atomic E-state index is -0.318. The van der Waals surface area contributed by atoms with Crippen LogP contribution in [0.1, 0.15) is 59.5 Å². The van der Waals surface area contributed by atoms with Gasteiger partial charge in [-0.05, 0) is 79.5 Å². The van der Waals surface area contributed by atoms with Crippen molar-refractivity contribution >= 4 is 46.2 Å². The van der Waals surface area contributed by atoms with Crippen LogP contribution in [-0.2, 0) is 4.79 Å². The predicted octanol–water partition coefficient (Wildman–Crippen LogP) is 8.38. The molecule has 0 radical (unpaired) electrons. The number of nitrogens with one attached hydrogen (secondary N) is 2. The normalized spacial score (nSPS) is 16.7. The molecule has 0 spiro atoms. The van der Waals surface area contributed by atoms with Gasteiger partial charge in [0, 0.05) is 29.9 Å². The van der Waals surface area contributed by atoms with Crippen molar-refractivity contribution in [1.82, 2.24) is 15.0 Å². The van der Waals surface area contributed by atoms with Crippen molar-refractivity contribution in [3.8, 4) is 11.5 Å². The maximum Gasteiger partial charge on any atom is 0.196 e. The van der Waals surface area contributed by atoms with E-state index in [0.29, 0.717) is 63.1 Å². The van der Waals surface area contributed by atoms with Crippen molar-refractivity contribution in [2.75, 3.05) is 5.32 Å². The third-order valence-electron chi connectivity index (χ3n) is 7.86. The van der Waals surface area contributed by atoms with Gasteiger partial charge in [-0.1, -0.05) is 35.9 Å². The molecule has 9 heteroatoms. The third-order valence-corrected chi connectivity index (χ3v) is 8.17. The number of fused-ring (bicyclic) bond motifs is 1. The van der Waals surface area contributed by atoms with Gasteiger partial charge in [-0.3, -0.25) is 4.79 Å². The molecule has 2 heterocycles. The lowest BCUT2D eigenvalue weighted by molar-refractivity contribution is -0.108. The number of aromatic amines is 1. The monoisotopic (exact) mass is 582 g/mol. The Morgan fingerprint density at radius 1 is 1.00 bits per heavy atom. The fourth-order valence-corrected chi connectivity index (χ4v) is 5.92. The smallest absolute Gasteiger partial charge is 0.196 e. The van der Waals surface area contributed by atoms with Crippen LogP contribution in [0.4, 0.5) is 15.9 Å². The molecular formula is C33H28ClFN4O3. The molecule has 42 heavy (non-hydrogen) atoms. The molecule has 3 aromatic carbocycles. The molecular weight excluding hydrogens is 555 g/mol. The second-order valence-corrected chi connectivity index (χ2v) is 10.9. The minimum Gasteiger partial charge on any atom is -0.457 e. The van der Waals surface area contributed by atoms with E-state index in [1.807, 2.05) is 42.5 Å². The van der Waals surface area contributed by atoms with Crippen LogP contribution >= 0.6 is 11.6 Å². The Kier molecular flexibility index (Phi) is 7.97. The maximum absolute atomic E-state index is 15.3. The van der Waals surface area contributed by atoms with E-state index in [4.69, 9.17) is 16.3 Å². The lowest BCUT2D eigenvalue weighted by Gasteiger charge is -2.28. The molecule has 5 aromatic rings. The van der Waals surface area contributed by atoms with E-state index >= 15 is 4.39 Å². The van der Waals surface area contributed by atoms with Gasteiger partial charge < -0.3 is 19.8 Å². The molecule has 1 fully saturated rings. The molecule has 2 N–H and O–H groups in total. The highest BCUT2D eigenvalue weighted by atomic mass is 35.5. The van der Waals surface area contributed by atoms with Gasteiger partial charge in [0.1, 0.15) is 41.4 Å². The summed E-state index contributed by atoms with van der Waals surface area (Å²) in [6, 6.07) is 19.3. The Morgan fingerprint density at radius 3 is 2.55 bits per heavy atom. The van der Waals surface area contributed by atoms with Crippen molar-refractivity contribution < 1.29 is 18.7 Å². The van der Waals surface area contributed by atoms with Gasteiger partial charge in [-0.2, -0.15) is 0 Å². The van der Waals surface area contributed by atoms with Crippen molar-refractivity contribution in [3.05, 3.63) is 107 Å². The number of nitrogens with zero attached hydrogens (tertiary/aromatic N) is 2. The van der Waals surface area contributed by atoms with Gasteiger partial charge in [0.2, 0.25) is 0 Å². The third kappa shape index (κ3) is 5.76. The first-order valence-electron chi connectivity index (χ1n) is 13.9. The summed E-state index contributed by atoms with van der Waals surface area (Å²) in [4.78, 5) is 36.1.